The Labute approximate surface area is 122 Å². The molecular formula is C15H16N2O2S. The number of aromatic nitrogens is 1. The summed E-state index contributed by atoms with van der Waals surface area (Å²) < 4.78 is 4.71. The molecule has 1 aromatic carbocycles. The van der Waals surface area contributed by atoms with Crippen molar-refractivity contribution in [2.75, 3.05) is 18.6 Å². The summed E-state index contributed by atoms with van der Waals surface area (Å²) in [6.45, 7) is 3.16. The van der Waals surface area contributed by atoms with E-state index in [0.29, 0.717) is 11.6 Å². The first-order chi connectivity index (χ1) is 9.69. The standard InChI is InChI=1S/C15H16N2O2S/c1-10-7-11-5-3-4-6-13(11)17(8-10)15-16-12(9-20-15)14(18)19-2/h3-6,9-10H,7-8H2,1-2H3. The Morgan fingerprint density at radius 2 is 2.25 bits per heavy atom. The number of hydrogen-bond donors (Lipinski definition) is 0. The summed E-state index contributed by atoms with van der Waals surface area (Å²) in [5, 5.41) is 2.60. The van der Waals surface area contributed by atoms with Crippen LogP contribution >= 0.6 is 11.3 Å². The third-order valence-electron chi connectivity index (χ3n) is 3.46. The number of carbonyl (C=O) groups is 1. The lowest BCUT2D eigenvalue weighted by molar-refractivity contribution is 0.0595. The summed E-state index contributed by atoms with van der Waals surface area (Å²) in [6, 6.07) is 8.38. The highest BCUT2D eigenvalue weighted by Gasteiger charge is 2.25. The lowest BCUT2D eigenvalue weighted by atomic mass is 9.94. The molecule has 1 aromatic heterocycles. The molecule has 20 heavy (non-hydrogen) atoms. The fourth-order valence-electron chi connectivity index (χ4n) is 2.56. The van der Waals surface area contributed by atoms with Gasteiger partial charge in [-0.25, -0.2) is 9.78 Å². The summed E-state index contributed by atoms with van der Waals surface area (Å²) in [6.07, 6.45) is 1.09. The van der Waals surface area contributed by atoms with E-state index in [1.807, 2.05) is 6.07 Å². The highest BCUT2D eigenvalue weighted by atomic mass is 32.1. The molecule has 0 saturated carbocycles. The van der Waals surface area contributed by atoms with Crippen molar-refractivity contribution in [2.24, 2.45) is 5.92 Å². The fourth-order valence-corrected chi connectivity index (χ4v) is 3.38. The van der Waals surface area contributed by atoms with Gasteiger partial charge in [0.05, 0.1) is 7.11 Å². The van der Waals surface area contributed by atoms with Gasteiger partial charge in [-0.15, -0.1) is 11.3 Å². The smallest absolute Gasteiger partial charge is 0.357 e. The lowest BCUT2D eigenvalue weighted by Gasteiger charge is -2.32. The Morgan fingerprint density at radius 3 is 3.05 bits per heavy atom. The van der Waals surface area contributed by atoms with E-state index in [4.69, 9.17) is 4.74 Å². The van der Waals surface area contributed by atoms with Gasteiger partial charge in [0.1, 0.15) is 0 Å². The van der Waals surface area contributed by atoms with Crippen molar-refractivity contribution >= 4 is 28.1 Å². The normalized spacial score (nSPS) is 17.7. The van der Waals surface area contributed by atoms with Gasteiger partial charge < -0.3 is 9.64 Å². The van der Waals surface area contributed by atoms with Crippen LogP contribution in [0.1, 0.15) is 23.0 Å². The van der Waals surface area contributed by atoms with E-state index in [9.17, 15) is 4.79 Å². The largest absolute Gasteiger partial charge is 0.464 e. The van der Waals surface area contributed by atoms with Crippen molar-refractivity contribution in [3.63, 3.8) is 0 Å². The Morgan fingerprint density at radius 1 is 1.45 bits per heavy atom. The van der Waals surface area contributed by atoms with Crippen LogP contribution in [0.2, 0.25) is 0 Å². The molecule has 0 fully saturated rings. The zero-order chi connectivity index (χ0) is 14.1. The van der Waals surface area contributed by atoms with Crippen molar-refractivity contribution < 1.29 is 9.53 Å². The molecule has 0 aliphatic carbocycles. The average molecular weight is 288 g/mol. The monoisotopic (exact) mass is 288 g/mol. The number of nitrogens with zero attached hydrogens (tertiary/aromatic N) is 2. The first kappa shape index (κ1) is 13.1. The Balaban J connectivity index is 1.98. The predicted octanol–water partition coefficient (Wildman–Crippen LogP) is 3.26. The van der Waals surface area contributed by atoms with E-state index >= 15 is 0 Å². The number of hydrogen-bond acceptors (Lipinski definition) is 5. The zero-order valence-corrected chi connectivity index (χ0v) is 12.3. The van der Waals surface area contributed by atoms with Gasteiger partial charge in [-0.2, -0.15) is 0 Å². The molecule has 0 bridgehead atoms. The maximum atomic E-state index is 11.5. The molecule has 0 saturated heterocycles. The van der Waals surface area contributed by atoms with E-state index in [0.717, 1.165) is 18.1 Å². The molecule has 1 atom stereocenters. The van der Waals surface area contributed by atoms with Crippen LogP contribution in [0, 0.1) is 5.92 Å². The highest BCUT2D eigenvalue weighted by molar-refractivity contribution is 7.14. The minimum Gasteiger partial charge on any atom is -0.464 e. The summed E-state index contributed by atoms with van der Waals surface area (Å²) in [5.41, 5.74) is 2.90. The van der Waals surface area contributed by atoms with Crippen molar-refractivity contribution in [1.29, 1.82) is 0 Å². The van der Waals surface area contributed by atoms with Gasteiger partial charge in [0, 0.05) is 17.6 Å². The van der Waals surface area contributed by atoms with E-state index in [1.54, 1.807) is 5.38 Å². The van der Waals surface area contributed by atoms with Crippen LogP contribution in [0.15, 0.2) is 29.6 Å². The van der Waals surface area contributed by atoms with Crippen LogP contribution in [0.25, 0.3) is 0 Å². The summed E-state index contributed by atoms with van der Waals surface area (Å²) in [4.78, 5) is 18.1. The average Bonchev–Trinajstić information content (AvgIpc) is 2.95. The van der Waals surface area contributed by atoms with E-state index in [2.05, 4.69) is 35.0 Å². The number of para-hydroxylation sites is 1. The SMILES string of the molecule is COC(=O)c1csc(N2CC(C)Cc3ccccc32)n1. The van der Waals surface area contributed by atoms with E-state index < -0.39 is 0 Å². The summed E-state index contributed by atoms with van der Waals surface area (Å²) in [7, 11) is 1.37. The summed E-state index contributed by atoms with van der Waals surface area (Å²) in [5.74, 6) is 0.182. The number of ether oxygens (including phenoxy) is 1. The van der Waals surface area contributed by atoms with Crippen molar-refractivity contribution in [1.82, 2.24) is 4.98 Å². The second kappa shape index (κ2) is 5.25. The topological polar surface area (TPSA) is 42.4 Å². The second-order valence-corrected chi connectivity index (χ2v) is 5.89. The molecule has 1 aliphatic heterocycles. The minimum absolute atomic E-state index is 0.378. The number of carbonyl (C=O) groups excluding carboxylic acids is 1. The van der Waals surface area contributed by atoms with Crippen molar-refractivity contribution in [3.05, 3.63) is 40.9 Å². The Bertz CT molecular complexity index is 638. The third kappa shape index (κ3) is 2.29. The van der Waals surface area contributed by atoms with E-state index in [1.165, 1.54) is 29.7 Å². The minimum atomic E-state index is -0.383. The third-order valence-corrected chi connectivity index (χ3v) is 4.33. The molecule has 0 amide bonds. The maximum Gasteiger partial charge on any atom is 0.357 e. The number of benzene rings is 1. The van der Waals surface area contributed by atoms with Crippen LogP contribution < -0.4 is 4.90 Å². The predicted molar refractivity (Wildman–Crippen MR) is 79.8 cm³/mol. The summed E-state index contributed by atoms with van der Waals surface area (Å²) >= 11 is 1.48. The van der Waals surface area contributed by atoms with Crippen LogP contribution in [0.4, 0.5) is 10.8 Å². The molecular weight excluding hydrogens is 272 g/mol. The zero-order valence-electron chi connectivity index (χ0n) is 11.5. The molecule has 1 aliphatic rings. The van der Waals surface area contributed by atoms with Crippen molar-refractivity contribution in [3.8, 4) is 0 Å². The van der Waals surface area contributed by atoms with Gasteiger partial charge in [-0.05, 0) is 24.0 Å². The van der Waals surface area contributed by atoms with Crippen LogP contribution in [-0.4, -0.2) is 24.6 Å². The molecule has 0 N–H and O–H groups in total. The number of methoxy groups -OCH3 is 1. The number of thiazole rings is 1. The van der Waals surface area contributed by atoms with Gasteiger partial charge >= 0.3 is 5.97 Å². The highest BCUT2D eigenvalue weighted by Crippen LogP contribution is 2.36. The molecule has 5 heteroatoms. The molecule has 0 spiro atoms. The van der Waals surface area contributed by atoms with Gasteiger partial charge in [0.15, 0.2) is 10.8 Å². The Kier molecular flexibility index (Phi) is 3.44. The molecule has 2 heterocycles. The second-order valence-electron chi connectivity index (χ2n) is 5.06. The maximum absolute atomic E-state index is 11.5. The van der Waals surface area contributed by atoms with Gasteiger partial charge in [-0.1, -0.05) is 25.1 Å². The van der Waals surface area contributed by atoms with Gasteiger partial charge in [0.2, 0.25) is 0 Å². The van der Waals surface area contributed by atoms with Gasteiger partial charge in [-0.3, -0.25) is 0 Å². The first-order valence-corrected chi connectivity index (χ1v) is 7.46. The van der Waals surface area contributed by atoms with Crippen molar-refractivity contribution in [2.45, 2.75) is 13.3 Å². The number of anilines is 2. The Hall–Kier alpha value is -1.88. The van der Waals surface area contributed by atoms with Crippen LogP contribution in [0.5, 0.6) is 0 Å². The molecule has 104 valence electrons. The number of esters is 1. The lowest BCUT2D eigenvalue weighted by Crippen LogP contribution is -2.30. The molecule has 3 rings (SSSR count). The van der Waals surface area contributed by atoms with Crippen LogP contribution in [0.3, 0.4) is 0 Å². The number of rotatable bonds is 2. The van der Waals surface area contributed by atoms with Crippen LogP contribution in [-0.2, 0) is 11.2 Å². The van der Waals surface area contributed by atoms with E-state index in [-0.39, 0.29) is 5.97 Å². The quantitative estimate of drug-likeness (QED) is 0.796. The molecule has 0 radical (unpaired) electrons. The number of fused-ring (bicyclic) bond motifs is 1. The molecule has 1 unspecified atom stereocenters. The van der Waals surface area contributed by atoms with Gasteiger partial charge in [0.25, 0.3) is 0 Å². The first-order valence-electron chi connectivity index (χ1n) is 6.58. The molecule has 2 aromatic rings. The fraction of sp³-hybridized carbons (Fsp3) is 0.333. The molecule has 4 nitrogen and oxygen atoms in total.